The Morgan fingerprint density at radius 2 is 0.800 bits per heavy atom. The van der Waals surface area contributed by atoms with Gasteiger partial charge in [-0.05, 0) is 12.8 Å². The zero-order valence-corrected chi connectivity index (χ0v) is 11.3. The lowest BCUT2D eigenvalue weighted by Gasteiger charge is -2.37. The molecule has 0 aliphatic carbocycles. The van der Waals surface area contributed by atoms with Crippen LogP contribution in [-0.4, -0.2) is 23.7 Å². The van der Waals surface area contributed by atoms with Crippen LogP contribution in [0.2, 0.25) is 0 Å². The summed E-state index contributed by atoms with van der Waals surface area (Å²) in [5, 5.41) is 0. The summed E-state index contributed by atoms with van der Waals surface area (Å²) in [5.41, 5.74) is 0. The number of halogens is 8. The number of rotatable bonds is 9. The first kappa shape index (κ1) is 19.4. The average Bonchev–Trinajstić information content (AvgIpc) is 2.33. The predicted molar refractivity (Wildman–Crippen MR) is 58.8 cm³/mol. The van der Waals surface area contributed by atoms with Crippen molar-refractivity contribution in [2.45, 2.75) is 76.1 Å². The molecule has 0 bridgehead atoms. The molecule has 0 aliphatic rings. The molecule has 0 aromatic heterocycles. The fourth-order valence-corrected chi connectivity index (χ4v) is 1.57. The van der Waals surface area contributed by atoms with Crippen LogP contribution in [0.5, 0.6) is 0 Å². The number of unbranched alkanes of at least 4 members (excludes halogenated alkanes) is 2. The summed E-state index contributed by atoms with van der Waals surface area (Å²) in [6.07, 6.45) is -3.92. The van der Waals surface area contributed by atoms with Gasteiger partial charge < -0.3 is 0 Å². The molecule has 0 fully saturated rings. The lowest BCUT2D eigenvalue weighted by molar-refractivity contribution is -0.368. The predicted octanol–water partition coefficient (Wildman–Crippen LogP) is 5.91. The van der Waals surface area contributed by atoms with Crippen molar-refractivity contribution in [3.63, 3.8) is 0 Å². The molecule has 0 aliphatic heterocycles. The normalized spacial score (nSPS) is 14.7. The summed E-state index contributed by atoms with van der Waals surface area (Å²) in [7, 11) is 0. The maximum absolute atomic E-state index is 13.2. The fourth-order valence-electron chi connectivity index (χ4n) is 1.57. The second kappa shape index (κ2) is 6.47. The Kier molecular flexibility index (Phi) is 6.29. The first-order valence-electron chi connectivity index (χ1n) is 6.38. The van der Waals surface area contributed by atoms with E-state index in [-0.39, 0.29) is 12.8 Å². The summed E-state index contributed by atoms with van der Waals surface area (Å²) in [4.78, 5) is 0. The Balaban J connectivity index is 5.32. The summed E-state index contributed by atoms with van der Waals surface area (Å²) >= 11 is 0. The van der Waals surface area contributed by atoms with Crippen LogP contribution >= 0.6 is 0 Å². The molecule has 0 atom stereocenters. The fraction of sp³-hybridized carbons (Fsp3) is 1.00. The van der Waals surface area contributed by atoms with Crippen molar-refractivity contribution < 1.29 is 35.1 Å². The minimum absolute atomic E-state index is 0.0590. The molecule has 0 N–H and O–H groups in total. The summed E-state index contributed by atoms with van der Waals surface area (Å²) in [6.45, 7) is 2.78. The molecular formula is C12H18F8. The molecule has 0 radical (unpaired) electrons. The van der Waals surface area contributed by atoms with E-state index in [4.69, 9.17) is 0 Å². The first-order chi connectivity index (χ1) is 8.87. The van der Waals surface area contributed by atoms with E-state index in [0.717, 1.165) is 0 Å². The standard InChI is InChI=1S/C12H18F8/c1-3-5-7-9(13,14)11(17,18)12(19,20)10(15,16)8-6-4-2/h3-8H2,1-2H3. The Hall–Kier alpha value is -0.560. The Labute approximate surface area is 112 Å². The first-order valence-corrected chi connectivity index (χ1v) is 6.38. The van der Waals surface area contributed by atoms with Gasteiger partial charge in [0.15, 0.2) is 0 Å². The molecule has 0 rings (SSSR count). The molecule has 0 heterocycles. The smallest absolute Gasteiger partial charge is 0.200 e. The monoisotopic (exact) mass is 314 g/mol. The van der Waals surface area contributed by atoms with E-state index >= 15 is 0 Å². The molecule has 0 nitrogen and oxygen atoms in total. The van der Waals surface area contributed by atoms with Crippen LogP contribution < -0.4 is 0 Å². The van der Waals surface area contributed by atoms with Gasteiger partial charge >= 0.3 is 23.7 Å². The van der Waals surface area contributed by atoms with Gasteiger partial charge in [0.1, 0.15) is 0 Å². The maximum Gasteiger partial charge on any atom is 0.378 e. The molecule has 0 unspecified atom stereocenters. The molecule has 0 aromatic carbocycles. The molecular weight excluding hydrogens is 296 g/mol. The zero-order valence-electron chi connectivity index (χ0n) is 11.3. The highest BCUT2D eigenvalue weighted by Crippen LogP contribution is 2.55. The summed E-state index contributed by atoms with van der Waals surface area (Å²) in [5.74, 6) is -22.5. The maximum atomic E-state index is 13.2. The van der Waals surface area contributed by atoms with Crippen LogP contribution in [0.4, 0.5) is 35.1 Å². The molecule has 0 aromatic rings. The van der Waals surface area contributed by atoms with Gasteiger partial charge in [-0.3, -0.25) is 0 Å². The Bertz CT molecular complexity index is 268. The van der Waals surface area contributed by atoms with Crippen LogP contribution in [0.1, 0.15) is 52.4 Å². The van der Waals surface area contributed by atoms with Gasteiger partial charge in [0.25, 0.3) is 0 Å². The van der Waals surface area contributed by atoms with E-state index in [1.807, 2.05) is 0 Å². The van der Waals surface area contributed by atoms with E-state index < -0.39 is 49.4 Å². The van der Waals surface area contributed by atoms with Gasteiger partial charge in [-0.2, -0.15) is 35.1 Å². The second-order valence-electron chi connectivity index (χ2n) is 4.76. The van der Waals surface area contributed by atoms with Gasteiger partial charge in [0.2, 0.25) is 0 Å². The molecule has 0 amide bonds. The van der Waals surface area contributed by atoms with Crippen molar-refractivity contribution in [2.24, 2.45) is 0 Å². The van der Waals surface area contributed by atoms with Crippen LogP contribution in [0.3, 0.4) is 0 Å². The Morgan fingerprint density at radius 1 is 0.550 bits per heavy atom. The van der Waals surface area contributed by atoms with E-state index in [1.165, 1.54) is 13.8 Å². The molecule has 20 heavy (non-hydrogen) atoms. The van der Waals surface area contributed by atoms with Crippen molar-refractivity contribution in [3.05, 3.63) is 0 Å². The lowest BCUT2D eigenvalue weighted by atomic mass is 9.93. The number of hydrogen-bond donors (Lipinski definition) is 0. The molecule has 8 heteroatoms. The SMILES string of the molecule is CCCCC(F)(F)C(F)(F)C(F)(F)C(F)(F)CCCC. The van der Waals surface area contributed by atoms with Gasteiger partial charge in [-0.15, -0.1) is 0 Å². The van der Waals surface area contributed by atoms with Crippen molar-refractivity contribution in [1.29, 1.82) is 0 Å². The minimum Gasteiger partial charge on any atom is -0.200 e. The van der Waals surface area contributed by atoms with Crippen molar-refractivity contribution in [1.82, 2.24) is 0 Å². The highest BCUT2D eigenvalue weighted by Gasteiger charge is 2.79. The second-order valence-corrected chi connectivity index (χ2v) is 4.76. The van der Waals surface area contributed by atoms with E-state index in [1.54, 1.807) is 0 Å². The van der Waals surface area contributed by atoms with Gasteiger partial charge in [0.05, 0.1) is 0 Å². The van der Waals surface area contributed by atoms with Gasteiger partial charge in [-0.1, -0.05) is 26.7 Å². The molecule has 0 spiro atoms. The van der Waals surface area contributed by atoms with Crippen molar-refractivity contribution in [3.8, 4) is 0 Å². The van der Waals surface area contributed by atoms with Crippen molar-refractivity contribution >= 4 is 0 Å². The zero-order chi connectivity index (χ0) is 16.2. The van der Waals surface area contributed by atoms with E-state index in [2.05, 4.69) is 0 Å². The summed E-state index contributed by atoms with van der Waals surface area (Å²) in [6, 6.07) is 0. The minimum atomic E-state index is -6.09. The van der Waals surface area contributed by atoms with Gasteiger partial charge in [-0.25, -0.2) is 0 Å². The largest absolute Gasteiger partial charge is 0.378 e. The summed E-state index contributed by atoms with van der Waals surface area (Å²) < 4.78 is 106. The third kappa shape index (κ3) is 3.55. The quantitative estimate of drug-likeness (QED) is 0.464. The van der Waals surface area contributed by atoms with E-state index in [9.17, 15) is 35.1 Å². The van der Waals surface area contributed by atoms with Gasteiger partial charge in [0, 0.05) is 12.8 Å². The van der Waals surface area contributed by atoms with Crippen LogP contribution in [0, 0.1) is 0 Å². The third-order valence-electron chi connectivity index (χ3n) is 3.00. The van der Waals surface area contributed by atoms with E-state index in [0.29, 0.717) is 0 Å². The van der Waals surface area contributed by atoms with Crippen LogP contribution in [0.15, 0.2) is 0 Å². The number of hydrogen-bond acceptors (Lipinski definition) is 0. The Morgan fingerprint density at radius 3 is 1.00 bits per heavy atom. The third-order valence-corrected chi connectivity index (χ3v) is 3.00. The average molecular weight is 314 g/mol. The van der Waals surface area contributed by atoms with Crippen LogP contribution in [-0.2, 0) is 0 Å². The lowest BCUT2D eigenvalue weighted by Crippen LogP contribution is -2.62. The highest BCUT2D eigenvalue weighted by molar-refractivity contribution is 5.03. The topological polar surface area (TPSA) is 0 Å². The van der Waals surface area contributed by atoms with Crippen LogP contribution in [0.25, 0.3) is 0 Å². The molecule has 122 valence electrons. The van der Waals surface area contributed by atoms with Crippen molar-refractivity contribution in [2.75, 3.05) is 0 Å². The highest BCUT2D eigenvalue weighted by atomic mass is 19.4. The molecule has 0 saturated carbocycles. The number of alkyl halides is 8. The molecule has 0 saturated heterocycles.